The first-order valence-electron chi connectivity index (χ1n) is 9.75. The molecule has 0 aromatic rings. The molecule has 0 bridgehead atoms. The van der Waals surface area contributed by atoms with Gasteiger partial charge in [0.2, 0.25) is 0 Å². The first-order chi connectivity index (χ1) is 11.3. The normalized spacial score (nSPS) is 55.0. The number of rotatable bonds is 1. The molecule has 7 atom stereocenters. The molecule has 1 saturated heterocycles. The van der Waals surface area contributed by atoms with Crippen molar-refractivity contribution in [2.75, 3.05) is 0 Å². The van der Waals surface area contributed by atoms with E-state index in [1.165, 1.54) is 6.42 Å². The second kappa shape index (κ2) is 4.41. The predicted molar refractivity (Wildman–Crippen MR) is 90.4 cm³/mol. The Bertz CT molecular complexity index is 679. The molecule has 0 amide bonds. The molecule has 3 heteroatoms. The molecule has 3 saturated carbocycles. The fourth-order valence-electron chi connectivity index (χ4n) is 7.44. The van der Waals surface area contributed by atoms with Gasteiger partial charge in [-0.1, -0.05) is 25.5 Å². The Hall–Kier alpha value is -0.960. The topological polar surface area (TPSA) is 46.7 Å². The van der Waals surface area contributed by atoms with E-state index in [9.17, 15) is 9.59 Å². The largest absolute Gasteiger partial charge is 0.357 e. The van der Waals surface area contributed by atoms with Gasteiger partial charge in [0.15, 0.2) is 5.78 Å². The van der Waals surface area contributed by atoms with Gasteiger partial charge in [-0.25, -0.2) is 0 Å². The molecule has 0 N–H and O–H groups in total. The van der Waals surface area contributed by atoms with Crippen molar-refractivity contribution in [3.8, 4) is 0 Å². The van der Waals surface area contributed by atoms with Crippen LogP contribution in [0.5, 0.6) is 0 Å². The van der Waals surface area contributed by atoms with Crippen LogP contribution in [-0.2, 0) is 14.3 Å². The van der Waals surface area contributed by atoms with Crippen LogP contribution in [0.15, 0.2) is 11.6 Å². The van der Waals surface area contributed by atoms with Crippen LogP contribution >= 0.6 is 0 Å². The monoisotopic (exact) mass is 328 g/mol. The minimum absolute atomic E-state index is 0.0458. The number of carbonyl (C=O) groups excluding carboxylic acids is 2. The van der Waals surface area contributed by atoms with Crippen molar-refractivity contribution in [3.05, 3.63) is 11.6 Å². The Labute approximate surface area is 144 Å². The standard InChI is InChI=1S/C21H28O3/c1-12(22)14-4-5-15-13-6-11-21-18(24-21)17(23)8-10-20(21,3)16(13)7-9-19(14,15)2/h7,13-15,18H,4-6,8-11H2,1-3H3/t13-,14+,15-,18?,19+,20+,21?/m0/s1. The molecule has 0 aromatic carbocycles. The van der Waals surface area contributed by atoms with Crippen LogP contribution in [-0.4, -0.2) is 23.3 Å². The van der Waals surface area contributed by atoms with Crippen LogP contribution in [0.25, 0.3) is 0 Å². The Morgan fingerprint density at radius 2 is 2.00 bits per heavy atom. The number of ether oxygens (including phenoxy) is 1. The smallest absolute Gasteiger partial charge is 0.164 e. The van der Waals surface area contributed by atoms with Gasteiger partial charge in [-0.15, -0.1) is 0 Å². The third-order valence-electron chi connectivity index (χ3n) is 8.80. The molecule has 5 rings (SSSR count). The van der Waals surface area contributed by atoms with Gasteiger partial charge in [0.05, 0.1) is 0 Å². The Kier molecular flexibility index (Phi) is 2.81. The first-order valence-corrected chi connectivity index (χ1v) is 9.75. The Morgan fingerprint density at radius 1 is 1.21 bits per heavy atom. The third-order valence-corrected chi connectivity index (χ3v) is 8.80. The Morgan fingerprint density at radius 3 is 2.75 bits per heavy atom. The van der Waals surface area contributed by atoms with Crippen molar-refractivity contribution in [2.24, 2.45) is 28.6 Å². The van der Waals surface area contributed by atoms with Gasteiger partial charge in [-0.05, 0) is 62.7 Å². The number of allylic oxidation sites excluding steroid dienone is 1. The highest BCUT2D eigenvalue weighted by molar-refractivity contribution is 5.89. The summed E-state index contributed by atoms with van der Waals surface area (Å²) in [6.45, 7) is 6.50. The molecule has 24 heavy (non-hydrogen) atoms. The lowest BCUT2D eigenvalue weighted by molar-refractivity contribution is -0.125. The van der Waals surface area contributed by atoms with E-state index in [1.54, 1.807) is 12.5 Å². The number of Topliss-reactive ketones (excluding diaryl/α,β-unsaturated/α-hetero) is 2. The summed E-state index contributed by atoms with van der Waals surface area (Å²) >= 11 is 0. The van der Waals surface area contributed by atoms with E-state index in [4.69, 9.17) is 4.74 Å². The maximum absolute atomic E-state index is 12.2. The average Bonchev–Trinajstić information content (AvgIpc) is 3.17. The molecule has 4 fully saturated rings. The second-order valence-corrected chi connectivity index (χ2v) is 9.55. The lowest BCUT2D eigenvalue weighted by atomic mass is 9.48. The van der Waals surface area contributed by atoms with Crippen molar-refractivity contribution in [1.29, 1.82) is 0 Å². The maximum Gasteiger partial charge on any atom is 0.164 e. The summed E-state index contributed by atoms with van der Waals surface area (Å²) in [5.74, 6) is 2.17. The summed E-state index contributed by atoms with van der Waals surface area (Å²) in [7, 11) is 0. The van der Waals surface area contributed by atoms with Crippen molar-refractivity contribution >= 4 is 11.6 Å². The zero-order valence-electron chi connectivity index (χ0n) is 15.1. The summed E-state index contributed by atoms with van der Waals surface area (Å²) in [6.07, 6.45) is 9.41. The van der Waals surface area contributed by atoms with Gasteiger partial charge in [0, 0.05) is 17.8 Å². The summed E-state index contributed by atoms with van der Waals surface area (Å²) in [5, 5.41) is 0. The SMILES string of the molecule is CC(=O)[C@H]1CC[C@H]2[C@@H]3CCC45OC4C(=O)CC[C@]5(C)C3=CC[C@]12C. The average molecular weight is 328 g/mol. The van der Waals surface area contributed by atoms with Crippen LogP contribution in [0.3, 0.4) is 0 Å². The van der Waals surface area contributed by atoms with Crippen molar-refractivity contribution < 1.29 is 14.3 Å². The molecule has 130 valence electrons. The number of ketones is 2. The van der Waals surface area contributed by atoms with E-state index in [0.29, 0.717) is 29.8 Å². The number of carbonyl (C=O) groups is 2. The number of fused-ring (bicyclic) bond motifs is 4. The van der Waals surface area contributed by atoms with Gasteiger partial charge in [-0.2, -0.15) is 0 Å². The van der Waals surface area contributed by atoms with Crippen LogP contribution in [0.4, 0.5) is 0 Å². The summed E-state index contributed by atoms with van der Waals surface area (Å²) in [5.41, 5.74) is 1.59. The zero-order valence-corrected chi connectivity index (χ0v) is 15.1. The van der Waals surface area contributed by atoms with Gasteiger partial charge in [0.1, 0.15) is 17.5 Å². The first kappa shape index (κ1) is 15.3. The summed E-state index contributed by atoms with van der Waals surface area (Å²) in [4.78, 5) is 24.3. The molecule has 0 radical (unpaired) electrons. The fraction of sp³-hybridized carbons (Fsp3) is 0.810. The predicted octanol–water partition coefficient (Wildman–Crippen LogP) is 3.85. The van der Waals surface area contributed by atoms with Crippen molar-refractivity contribution in [1.82, 2.24) is 0 Å². The van der Waals surface area contributed by atoms with Crippen LogP contribution in [0, 0.1) is 28.6 Å². The van der Waals surface area contributed by atoms with Crippen molar-refractivity contribution in [3.63, 3.8) is 0 Å². The van der Waals surface area contributed by atoms with Gasteiger partial charge < -0.3 is 4.74 Å². The molecular formula is C21H28O3. The molecule has 2 unspecified atom stereocenters. The fourth-order valence-corrected chi connectivity index (χ4v) is 7.44. The highest BCUT2D eigenvalue weighted by Gasteiger charge is 2.75. The minimum atomic E-state index is -0.184. The van der Waals surface area contributed by atoms with E-state index >= 15 is 0 Å². The third kappa shape index (κ3) is 1.54. The molecule has 3 nitrogen and oxygen atoms in total. The highest BCUT2D eigenvalue weighted by Crippen LogP contribution is 2.71. The van der Waals surface area contributed by atoms with E-state index in [0.717, 1.165) is 32.1 Å². The van der Waals surface area contributed by atoms with Crippen LogP contribution in [0.1, 0.15) is 65.7 Å². The van der Waals surface area contributed by atoms with Crippen molar-refractivity contribution in [2.45, 2.75) is 77.4 Å². The second-order valence-electron chi connectivity index (χ2n) is 9.55. The molecule has 4 aliphatic carbocycles. The lowest BCUT2D eigenvalue weighted by Crippen LogP contribution is -2.53. The van der Waals surface area contributed by atoms with E-state index < -0.39 is 0 Å². The van der Waals surface area contributed by atoms with Gasteiger partial charge >= 0.3 is 0 Å². The van der Waals surface area contributed by atoms with E-state index in [1.807, 2.05) is 0 Å². The summed E-state index contributed by atoms with van der Waals surface area (Å²) in [6, 6.07) is 0. The number of hydrogen-bond acceptors (Lipinski definition) is 3. The van der Waals surface area contributed by atoms with E-state index in [2.05, 4.69) is 19.9 Å². The maximum atomic E-state index is 12.2. The molecule has 0 aromatic heterocycles. The summed E-state index contributed by atoms with van der Waals surface area (Å²) < 4.78 is 6.08. The number of hydrogen-bond donors (Lipinski definition) is 0. The molecule has 1 heterocycles. The number of epoxide rings is 1. The van der Waals surface area contributed by atoms with Gasteiger partial charge in [0.25, 0.3) is 0 Å². The molecule has 5 aliphatic rings. The van der Waals surface area contributed by atoms with E-state index in [-0.39, 0.29) is 28.5 Å². The Balaban J connectivity index is 1.55. The van der Waals surface area contributed by atoms with Crippen LogP contribution in [0.2, 0.25) is 0 Å². The minimum Gasteiger partial charge on any atom is -0.357 e. The van der Waals surface area contributed by atoms with Gasteiger partial charge in [-0.3, -0.25) is 9.59 Å². The molecular weight excluding hydrogens is 300 g/mol. The lowest BCUT2D eigenvalue weighted by Gasteiger charge is -2.54. The molecule has 1 aliphatic heterocycles. The molecule has 1 spiro atoms. The highest BCUT2D eigenvalue weighted by atomic mass is 16.6. The van der Waals surface area contributed by atoms with Crippen LogP contribution < -0.4 is 0 Å². The quantitative estimate of drug-likeness (QED) is 0.542. The zero-order chi connectivity index (χ0) is 16.9.